The van der Waals surface area contributed by atoms with Crippen molar-refractivity contribution in [3.05, 3.63) is 273 Å². The molecule has 0 atom stereocenters. The van der Waals surface area contributed by atoms with Crippen molar-refractivity contribution in [2.24, 2.45) is 0 Å². The molecule has 0 saturated heterocycles. The number of nitrogens with zero attached hydrogens (tertiary/aromatic N) is 1. The molecule has 0 N–H and O–H groups in total. The van der Waals surface area contributed by atoms with Crippen LogP contribution in [0.5, 0.6) is 0 Å². The van der Waals surface area contributed by atoms with Gasteiger partial charge >= 0.3 is 0 Å². The van der Waals surface area contributed by atoms with Crippen molar-refractivity contribution in [2.75, 3.05) is 4.90 Å². The number of hydrogen-bond donors (Lipinski definition) is 0. The van der Waals surface area contributed by atoms with Crippen molar-refractivity contribution in [3.63, 3.8) is 0 Å². The normalized spacial score (nSPS) is 11.5. The number of rotatable bonds is 8. The van der Waals surface area contributed by atoms with Crippen molar-refractivity contribution in [2.45, 2.75) is 0 Å². The van der Waals surface area contributed by atoms with Crippen molar-refractivity contribution >= 4 is 70.9 Å². The molecule has 0 aliphatic carbocycles. The Hall–Kier alpha value is -9.04. The molecule has 0 bridgehead atoms. The molecule has 0 fully saturated rings. The summed E-state index contributed by atoms with van der Waals surface area (Å²) in [5.41, 5.74) is 15.4. The maximum atomic E-state index is 2.38. The molecule has 0 aliphatic heterocycles. The lowest BCUT2D eigenvalue weighted by Crippen LogP contribution is -2.09. The van der Waals surface area contributed by atoms with Crippen LogP contribution in [0, 0.1) is 0 Å². The summed E-state index contributed by atoms with van der Waals surface area (Å²) in [7, 11) is 0. The molecule has 13 aromatic rings. The van der Waals surface area contributed by atoms with E-state index in [9.17, 15) is 0 Å². The van der Waals surface area contributed by atoms with Crippen molar-refractivity contribution < 1.29 is 0 Å². The summed E-state index contributed by atoms with van der Waals surface area (Å²) in [5, 5.41) is 12.7. The lowest BCUT2D eigenvalue weighted by Gasteiger charge is -2.26. The summed E-state index contributed by atoms with van der Waals surface area (Å²) in [5.74, 6) is 0. The molecule has 0 amide bonds. The van der Waals surface area contributed by atoms with E-state index in [1.54, 1.807) is 0 Å². The fraction of sp³-hybridized carbons (Fsp3) is 0. The first-order valence-electron chi connectivity index (χ1n) is 23.8. The van der Waals surface area contributed by atoms with Gasteiger partial charge in [-0.3, -0.25) is 0 Å². The molecule has 0 aromatic heterocycles. The molecule has 69 heavy (non-hydrogen) atoms. The van der Waals surface area contributed by atoms with E-state index in [0.717, 1.165) is 17.1 Å². The van der Waals surface area contributed by atoms with E-state index in [-0.39, 0.29) is 0 Å². The summed E-state index contributed by atoms with van der Waals surface area (Å²) in [4.78, 5) is 2.38. The van der Waals surface area contributed by atoms with Gasteiger partial charge < -0.3 is 4.90 Å². The maximum absolute atomic E-state index is 2.38. The molecule has 322 valence electrons. The van der Waals surface area contributed by atoms with E-state index in [0.29, 0.717) is 0 Å². The largest absolute Gasteiger partial charge is 0.311 e. The van der Waals surface area contributed by atoms with Gasteiger partial charge in [-0.1, -0.05) is 237 Å². The maximum Gasteiger partial charge on any atom is 0.0462 e. The SMILES string of the molecule is c1ccc(-c2ccc3ccccc3c2-c2ccc(N(c3ccc(-c4ccc(-c5cccc6ccccc56)cc4)cc3)c3ccc(-c4cccc5c6ccccc6c6ccccc6c45)cc3)cc2)cc1. The fourth-order valence-electron chi connectivity index (χ4n) is 10.8. The van der Waals surface area contributed by atoms with E-state index in [4.69, 9.17) is 0 Å². The van der Waals surface area contributed by atoms with Crippen LogP contribution in [0.25, 0.3) is 109 Å². The van der Waals surface area contributed by atoms with E-state index in [1.165, 1.54) is 109 Å². The van der Waals surface area contributed by atoms with Gasteiger partial charge in [0.05, 0.1) is 0 Å². The van der Waals surface area contributed by atoms with E-state index in [1.807, 2.05) is 0 Å². The molecular formula is C68H45N. The van der Waals surface area contributed by atoms with Crippen molar-refractivity contribution in [1.82, 2.24) is 0 Å². The molecule has 0 aliphatic rings. The third-order valence-corrected chi connectivity index (χ3v) is 14.1. The highest BCUT2D eigenvalue weighted by molar-refractivity contribution is 6.28. The Morgan fingerprint density at radius 3 is 1.19 bits per heavy atom. The molecule has 0 saturated carbocycles. The second-order valence-electron chi connectivity index (χ2n) is 18.0. The van der Waals surface area contributed by atoms with E-state index >= 15 is 0 Å². The Labute approximate surface area is 402 Å². The van der Waals surface area contributed by atoms with Gasteiger partial charge in [-0.25, -0.2) is 0 Å². The predicted octanol–water partition coefficient (Wildman–Crippen LogP) is 19.3. The first-order chi connectivity index (χ1) is 34.2. The molecule has 0 unspecified atom stereocenters. The van der Waals surface area contributed by atoms with Crippen LogP contribution < -0.4 is 4.90 Å². The molecule has 1 nitrogen and oxygen atoms in total. The Morgan fingerprint density at radius 2 is 0.565 bits per heavy atom. The molecule has 0 radical (unpaired) electrons. The Morgan fingerprint density at radius 1 is 0.188 bits per heavy atom. The minimum Gasteiger partial charge on any atom is -0.311 e. The van der Waals surface area contributed by atoms with Crippen LogP contribution in [0.2, 0.25) is 0 Å². The smallest absolute Gasteiger partial charge is 0.0462 e. The predicted molar refractivity (Wildman–Crippen MR) is 296 cm³/mol. The lowest BCUT2D eigenvalue weighted by molar-refractivity contribution is 1.28. The van der Waals surface area contributed by atoms with Gasteiger partial charge in [-0.15, -0.1) is 0 Å². The van der Waals surface area contributed by atoms with Crippen LogP contribution in [-0.2, 0) is 0 Å². The quantitative estimate of drug-likeness (QED) is 0.138. The summed E-state index contributed by atoms with van der Waals surface area (Å²) in [6.45, 7) is 0. The van der Waals surface area contributed by atoms with Gasteiger partial charge in [0.1, 0.15) is 0 Å². The number of fused-ring (bicyclic) bond motifs is 8. The monoisotopic (exact) mass is 875 g/mol. The third-order valence-electron chi connectivity index (χ3n) is 14.1. The summed E-state index contributed by atoms with van der Waals surface area (Å²) in [6.07, 6.45) is 0. The Bertz CT molecular complexity index is 3970. The summed E-state index contributed by atoms with van der Waals surface area (Å²) >= 11 is 0. The zero-order valence-electron chi connectivity index (χ0n) is 37.9. The zero-order chi connectivity index (χ0) is 45.7. The molecule has 1 heteroatoms. The zero-order valence-corrected chi connectivity index (χ0v) is 37.9. The van der Waals surface area contributed by atoms with Crippen LogP contribution >= 0.6 is 0 Å². The molecular weight excluding hydrogens is 831 g/mol. The van der Waals surface area contributed by atoms with Crippen LogP contribution in [0.15, 0.2) is 273 Å². The van der Waals surface area contributed by atoms with Gasteiger partial charge in [0.25, 0.3) is 0 Å². The van der Waals surface area contributed by atoms with Crippen LogP contribution in [0.4, 0.5) is 17.1 Å². The topological polar surface area (TPSA) is 3.24 Å². The van der Waals surface area contributed by atoms with E-state index in [2.05, 4.69) is 278 Å². The standard InChI is InChI=1S/C68H45N/c1-2-14-49(15-3-1)61-45-38-50-17-5-7-20-59(50)67(61)53-36-43-56(44-37-53)69(54-39-32-47(33-40-54)46-28-30-51(31-29-46)58-25-12-18-48-16-4-6-19-57(48)58)55-41-34-52(35-42-55)60-26-13-27-66-64-22-9-8-21-62(64)63-23-10-11-24-65(63)68(60)66/h1-45H. The minimum atomic E-state index is 1.09. The molecule has 0 heterocycles. The Balaban J connectivity index is 0.908. The van der Waals surface area contributed by atoms with Crippen LogP contribution in [0.1, 0.15) is 0 Å². The van der Waals surface area contributed by atoms with Gasteiger partial charge in [0.2, 0.25) is 0 Å². The van der Waals surface area contributed by atoms with E-state index < -0.39 is 0 Å². The average molecular weight is 876 g/mol. The highest BCUT2D eigenvalue weighted by Gasteiger charge is 2.18. The van der Waals surface area contributed by atoms with Crippen molar-refractivity contribution in [1.29, 1.82) is 0 Å². The highest BCUT2D eigenvalue weighted by Crippen LogP contribution is 2.44. The summed E-state index contributed by atoms with van der Waals surface area (Å²) < 4.78 is 0. The first kappa shape index (κ1) is 40.3. The first-order valence-corrected chi connectivity index (χ1v) is 23.8. The second-order valence-corrected chi connectivity index (χ2v) is 18.0. The third kappa shape index (κ3) is 7.12. The molecule has 13 rings (SSSR count). The fourth-order valence-corrected chi connectivity index (χ4v) is 10.8. The number of benzene rings is 13. The Kier molecular flexibility index (Phi) is 9.91. The van der Waals surface area contributed by atoms with Gasteiger partial charge in [0.15, 0.2) is 0 Å². The second kappa shape index (κ2) is 17.0. The number of hydrogen-bond acceptors (Lipinski definition) is 1. The van der Waals surface area contributed by atoms with Gasteiger partial charge in [0, 0.05) is 17.1 Å². The van der Waals surface area contributed by atoms with Gasteiger partial charge in [-0.05, 0) is 146 Å². The highest BCUT2D eigenvalue weighted by atomic mass is 15.1. The molecule has 13 aromatic carbocycles. The summed E-state index contributed by atoms with van der Waals surface area (Å²) in [6, 6.07) is 99.9. The molecule has 0 spiro atoms. The number of anilines is 3. The average Bonchev–Trinajstić information content (AvgIpc) is 3.43. The lowest BCUT2D eigenvalue weighted by atomic mass is 9.89. The van der Waals surface area contributed by atoms with Crippen molar-refractivity contribution in [3.8, 4) is 55.6 Å². The van der Waals surface area contributed by atoms with Crippen LogP contribution in [0.3, 0.4) is 0 Å². The van der Waals surface area contributed by atoms with Gasteiger partial charge in [-0.2, -0.15) is 0 Å². The minimum absolute atomic E-state index is 1.09. The van der Waals surface area contributed by atoms with Crippen LogP contribution in [-0.4, -0.2) is 0 Å².